The number of nitrogens with one attached hydrogen (secondary N) is 1. The summed E-state index contributed by atoms with van der Waals surface area (Å²) < 4.78 is 0. The molecule has 1 unspecified atom stereocenters. The van der Waals surface area contributed by atoms with Crippen LogP contribution in [0.15, 0.2) is 12.7 Å². The number of aliphatic hydroxyl groups is 1. The van der Waals surface area contributed by atoms with E-state index in [1.165, 1.54) is 0 Å². The summed E-state index contributed by atoms with van der Waals surface area (Å²) >= 11 is 0. The first-order chi connectivity index (χ1) is 7.50. The molecule has 0 aromatic rings. The Kier molecular flexibility index (Phi) is 4.50. The molecule has 1 aliphatic rings. The Morgan fingerprint density at radius 3 is 2.94 bits per heavy atom. The molecule has 4 nitrogen and oxygen atoms in total. The predicted molar refractivity (Wildman–Crippen MR) is 64.1 cm³/mol. The topological polar surface area (TPSA) is 52.6 Å². The van der Waals surface area contributed by atoms with E-state index in [1.54, 1.807) is 6.08 Å². The molecule has 2 N–H and O–H groups in total. The largest absolute Gasteiger partial charge is 0.396 e. The molecule has 1 amide bonds. The number of aliphatic hydroxyl groups excluding tert-OH is 1. The van der Waals surface area contributed by atoms with Crippen LogP contribution < -0.4 is 5.32 Å². The van der Waals surface area contributed by atoms with Gasteiger partial charge in [-0.2, -0.15) is 0 Å². The Hall–Kier alpha value is -0.870. The van der Waals surface area contributed by atoms with Crippen molar-refractivity contribution in [2.45, 2.75) is 26.3 Å². The first-order valence-electron chi connectivity index (χ1n) is 5.74. The quantitative estimate of drug-likeness (QED) is 0.681. The molecule has 1 atom stereocenters. The third kappa shape index (κ3) is 3.32. The van der Waals surface area contributed by atoms with Gasteiger partial charge in [-0.3, -0.25) is 9.69 Å². The Labute approximate surface area is 97.3 Å². The molecule has 0 radical (unpaired) electrons. The zero-order valence-corrected chi connectivity index (χ0v) is 10.2. The summed E-state index contributed by atoms with van der Waals surface area (Å²) in [5.74, 6) is 0.0153. The second-order valence-corrected chi connectivity index (χ2v) is 5.13. The molecule has 0 bridgehead atoms. The van der Waals surface area contributed by atoms with E-state index < -0.39 is 0 Å². The van der Waals surface area contributed by atoms with Crippen LogP contribution in [0.3, 0.4) is 0 Å². The molecule has 4 heteroatoms. The van der Waals surface area contributed by atoms with Crippen molar-refractivity contribution in [1.82, 2.24) is 10.2 Å². The summed E-state index contributed by atoms with van der Waals surface area (Å²) in [6, 6.07) is -0.232. The van der Waals surface area contributed by atoms with E-state index >= 15 is 0 Å². The van der Waals surface area contributed by atoms with Gasteiger partial charge >= 0.3 is 0 Å². The minimum Gasteiger partial charge on any atom is -0.396 e. The third-order valence-electron chi connectivity index (χ3n) is 2.88. The number of hydrogen-bond acceptors (Lipinski definition) is 3. The van der Waals surface area contributed by atoms with E-state index in [2.05, 4.69) is 30.6 Å². The molecule has 1 heterocycles. The van der Waals surface area contributed by atoms with Crippen molar-refractivity contribution in [3.05, 3.63) is 12.7 Å². The summed E-state index contributed by atoms with van der Waals surface area (Å²) in [5, 5.41) is 11.9. The summed E-state index contributed by atoms with van der Waals surface area (Å²) in [7, 11) is 0. The maximum Gasteiger partial charge on any atom is 0.237 e. The lowest BCUT2D eigenvalue weighted by atomic mass is 9.93. The number of carbonyl (C=O) groups is 1. The van der Waals surface area contributed by atoms with Gasteiger partial charge in [-0.15, -0.1) is 6.58 Å². The number of amides is 1. The standard InChI is InChI=1S/C12H22N2O2/c1-4-6-14-9-12(2,3)8-13-11(16)10(14)5-7-15/h4,10,15H,1,5-9H2,2-3H3,(H,13,16). The molecular weight excluding hydrogens is 204 g/mol. The molecular formula is C12H22N2O2. The normalized spacial score (nSPS) is 25.9. The monoisotopic (exact) mass is 226 g/mol. The highest BCUT2D eigenvalue weighted by molar-refractivity contribution is 5.82. The zero-order valence-electron chi connectivity index (χ0n) is 10.2. The fourth-order valence-electron chi connectivity index (χ4n) is 2.12. The Morgan fingerprint density at radius 1 is 1.69 bits per heavy atom. The van der Waals surface area contributed by atoms with Crippen LogP contribution >= 0.6 is 0 Å². The van der Waals surface area contributed by atoms with Crippen molar-refractivity contribution in [3.8, 4) is 0 Å². The van der Waals surface area contributed by atoms with Gasteiger partial charge in [0.2, 0.25) is 5.91 Å². The second-order valence-electron chi connectivity index (χ2n) is 5.13. The third-order valence-corrected chi connectivity index (χ3v) is 2.88. The van der Waals surface area contributed by atoms with Crippen LogP contribution in [0.25, 0.3) is 0 Å². The van der Waals surface area contributed by atoms with E-state index in [0.29, 0.717) is 19.5 Å². The fourth-order valence-corrected chi connectivity index (χ4v) is 2.12. The molecule has 1 aliphatic heterocycles. The summed E-state index contributed by atoms with van der Waals surface area (Å²) in [5.41, 5.74) is 0.0584. The van der Waals surface area contributed by atoms with Crippen LogP contribution in [0.5, 0.6) is 0 Å². The van der Waals surface area contributed by atoms with Crippen LogP contribution in [-0.4, -0.2) is 48.2 Å². The fraction of sp³-hybridized carbons (Fsp3) is 0.750. The highest BCUT2D eigenvalue weighted by Crippen LogP contribution is 2.21. The highest BCUT2D eigenvalue weighted by Gasteiger charge is 2.34. The molecule has 0 aliphatic carbocycles. The molecule has 1 saturated heterocycles. The lowest BCUT2D eigenvalue weighted by Gasteiger charge is -2.31. The lowest BCUT2D eigenvalue weighted by Crippen LogP contribution is -2.45. The minimum absolute atomic E-state index is 0.0153. The molecule has 0 saturated carbocycles. The number of hydrogen-bond donors (Lipinski definition) is 2. The van der Waals surface area contributed by atoms with Gasteiger partial charge < -0.3 is 10.4 Å². The first kappa shape index (κ1) is 13.2. The van der Waals surface area contributed by atoms with Crippen LogP contribution in [0.1, 0.15) is 20.3 Å². The van der Waals surface area contributed by atoms with Gasteiger partial charge in [0.15, 0.2) is 0 Å². The van der Waals surface area contributed by atoms with Crippen LogP contribution in [0, 0.1) is 5.41 Å². The van der Waals surface area contributed by atoms with Gasteiger partial charge in [0.25, 0.3) is 0 Å². The SMILES string of the molecule is C=CCN1CC(C)(C)CNC(=O)C1CCO. The van der Waals surface area contributed by atoms with Gasteiger partial charge in [-0.1, -0.05) is 19.9 Å². The maximum atomic E-state index is 11.9. The van der Waals surface area contributed by atoms with Crippen molar-refractivity contribution in [2.24, 2.45) is 5.41 Å². The van der Waals surface area contributed by atoms with E-state index in [9.17, 15) is 4.79 Å². The Balaban J connectivity index is 2.83. The molecule has 92 valence electrons. The van der Waals surface area contributed by atoms with Crippen molar-refractivity contribution in [3.63, 3.8) is 0 Å². The maximum absolute atomic E-state index is 11.9. The lowest BCUT2D eigenvalue weighted by molar-refractivity contribution is -0.125. The van der Waals surface area contributed by atoms with Crippen molar-refractivity contribution < 1.29 is 9.90 Å². The number of nitrogens with zero attached hydrogens (tertiary/aromatic N) is 1. The molecule has 16 heavy (non-hydrogen) atoms. The Morgan fingerprint density at radius 2 is 2.38 bits per heavy atom. The molecule has 1 fully saturated rings. The molecule has 0 spiro atoms. The van der Waals surface area contributed by atoms with Crippen LogP contribution in [-0.2, 0) is 4.79 Å². The molecule has 0 aromatic heterocycles. The average molecular weight is 226 g/mol. The van der Waals surface area contributed by atoms with E-state index in [4.69, 9.17) is 5.11 Å². The summed E-state index contributed by atoms with van der Waals surface area (Å²) in [6.45, 7) is 10.2. The summed E-state index contributed by atoms with van der Waals surface area (Å²) in [4.78, 5) is 14.0. The second kappa shape index (κ2) is 5.46. The van der Waals surface area contributed by atoms with Gasteiger partial charge in [0.1, 0.15) is 0 Å². The van der Waals surface area contributed by atoms with Gasteiger partial charge in [0.05, 0.1) is 6.04 Å². The number of carbonyl (C=O) groups excluding carboxylic acids is 1. The summed E-state index contributed by atoms with van der Waals surface area (Å²) in [6.07, 6.45) is 2.29. The van der Waals surface area contributed by atoms with Gasteiger partial charge in [-0.05, 0) is 11.8 Å². The van der Waals surface area contributed by atoms with E-state index in [0.717, 1.165) is 6.54 Å². The van der Waals surface area contributed by atoms with Crippen molar-refractivity contribution in [1.29, 1.82) is 0 Å². The van der Waals surface area contributed by atoms with Gasteiger partial charge in [0, 0.05) is 26.2 Å². The first-order valence-corrected chi connectivity index (χ1v) is 5.74. The van der Waals surface area contributed by atoms with E-state index in [-0.39, 0.29) is 24.0 Å². The van der Waals surface area contributed by atoms with Crippen molar-refractivity contribution >= 4 is 5.91 Å². The van der Waals surface area contributed by atoms with Gasteiger partial charge in [-0.25, -0.2) is 0 Å². The Bertz CT molecular complexity index is 264. The molecule has 0 aromatic carbocycles. The highest BCUT2D eigenvalue weighted by atomic mass is 16.3. The van der Waals surface area contributed by atoms with E-state index in [1.807, 2.05) is 0 Å². The smallest absolute Gasteiger partial charge is 0.237 e. The predicted octanol–water partition coefficient (Wildman–Crippen LogP) is 0.381. The van der Waals surface area contributed by atoms with Crippen molar-refractivity contribution in [2.75, 3.05) is 26.2 Å². The average Bonchev–Trinajstić information content (AvgIpc) is 2.30. The zero-order chi connectivity index (χ0) is 12.2. The number of rotatable bonds is 4. The van der Waals surface area contributed by atoms with Crippen LogP contribution in [0.4, 0.5) is 0 Å². The van der Waals surface area contributed by atoms with Crippen LogP contribution in [0.2, 0.25) is 0 Å². The molecule has 1 rings (SSSR count). The minimum atomic E-state index is -0.232.